The first-order chi connectivity index (χ1) is 9.49. The molecule has 2 aromatic carbocycles. The van der Waals surface area contributed by atoms with Gasteiger partial charge in [0.25, 0.3) is 0 Å². The number of benzene rings is 2. The second kappa shape index (κ2) is 6.55. The summed E-state index contributed by atoms with van der Waals surface area (Å²) >= 11 is 9.54. The van der Waals surface area contributed by atoms with Crippen molar-refractivity contribution in [2.24, 2.45) is 5.92 Å². The van der Waals surface area contributed by atoms with Gasteiger partial charge in [-0.25, -0.2) is 0 Å². The summed E-state index contributed by atoms with van der Waals surface area (Å²) in [5, 5.41) is 0.465. The van der Waals surface area contributed by atoms with Crippen LogP contribution < -0.4 is 0 Å². The first kappa shape index (κ1) is 15.3. The number of rotatable bonds is 4. The molecule has 0 unspecified atom stereocenters. The van der Waals surface area contributed by atoms with E-state index < -0.39 is 0 Å². The standard InChI is InChI=1S/C17H16BrClO/c1-11(2)9-12-5-3-6-13(10-12)17(20)14-7-4-8-15(18)16(14)19/h3-8,10-11H,9H2,1-2H3. The largest absolute Gasteiger partial charge is 0.289 e. The molecule has 3 heteroatoms. The van der Waals surface area contributed by atoms with Crippen LogP contribution >= 0.6 is 27.5 Å². The summed E-state index contributed by atoms with van der Waals surface area (Å²) < 4.78 is 0.739. The molecular formula is C17H16BrClO. The highest BCUT2D eigenvalue weighted by Gasteiger charge is 2.14. The topological polar surface area (TPSA) is 17.1 Å². The molecule has 0 N–H and O–H groups in total. The highest BCUT2D eigenvalue weighted by Crippen LogP contribution is 2.28. The van der Waals surface area contributed by atoms with Gasteiger partial charge in [-0.15, -0.1) is 0 Å². The van der Waals surface area contributed by atoms with Crippen molar-refractivity contribution in [3.8, 4) is 0 Å². The zero-order valence-corrected chi connectivity index (χ0v) is 13.8. The van der Waals surface area contributed by atoms with E-state index >= 15 is 0 Å². The van der Waals surface area contributed by atoms with Gasteiger partial charge in [0.2, 0.25) is 0 Å². The average molecular weight is 352 g/mol. The Bertz CT molecular complexity index is 635. The van der Waals surface area contributed by atoms with Gasteiger partial charge in [0.1, 0.15) is 0 Å². The molecule has 0 fully saturated rings. The van der Waals surface area contributed by atoms with Crippen LogP contribution in [0.1, 0.15) is 35.3 Å². The Morgan fingerprint density at radius 3 is 2.60 bits per heavy atom. The lowest BCUT2D eigenvalue weighted by molar-refractivity contribution is 0.103. The molecule has 20 heavy (non-hydrogen) atoms. The number of halogens is 2. The van der Waals surface area contributed by atoms with Crippen molar-refractivity contribution in [2.75, 3.05) is 0 Å². The van der Waals surface area contributed by atoms with Crippen LogP contribution in [0.25, 0.3) is 0 Å². The Morgan fingerprint density at radius 1 is 1.20 bits per heavy atom. The van der Waals surface area contributed by atoms with E-state index in [2.05, 4.69) is 35.8 Å². The minimum Gasteiger partial charge on any atom is -0.289 e. The molecule has 0 saturated carbocycles. The summed E-state index contributed by atoms with van der Waals surface area (Å²) in [4.78, 5) is 12.6. The fourth-order valence-corrected chi connectivity index (χ4v) is 2.72. The predicted octanol–water partition coefficient (Wildman–Crippen LogP) is 5.53. The molecule has 0 aliphatic rings. The molecule has 0 heterocycles. The van der Waals surface area contributed by atoms with Crippen molar-refractivity contribution < 1.29 is 4.79 Å². The van der Waals surface area contributed by atoms with Crippen molar-refractivity contribution in [2.45, 2.75) is 20.3 Å². The molecule has 0 aromatic heterocycles. The van der Waals surface area contributed by atoms with Crippen LogP contribution in [0.4, 0.5) is 0 Å². The molecule has 0 spiro atoms. The molecule has 0 radical (unpaired) electrons. The highest BCUT2D eigenvalue weighted by molar-refractivity contribution is 9.10. The van der Waals surface area contributed by atoms with Crippen LogP contribution in [0.15, 0.2) is 46.9 Å². The second-order valence-corrected chi connectivity index (χ2v) is 6.46. The van der Waals surface area contributed by atoms with Crippen LogP contribution in [0.2, 0.25) is 5.02 Å². The van der Waals surface area contributed by atoms with Crippen LogP contribution in [0.5, 0.6) is 0 Å². The SMILES string of the molecule is CC(C)Cc1cccc(C(=O)c2cccc(Br)c2Cl)c1. The summed E-state index contributed by atoms with van der Waals surface area (Å²) in [6, 6.07) is 13.2. The molecule has 0 amide bonds. The van der Waals surface area contributed by atoms with Gasteiger partial charge in [0.05, 0.1) is 5.02 Å². The maximum absolute atomic E-state index is 12.6. The summed E-state index contributed by atoms with van der Waals surface area (Å²) in [7, 11) is 0. The Kier molecular flexibility index (Phi) is 5.00. The van der Waals surface area contributed by atoms with E-state index in [1.807, 2.05) is 30.3 Å². The second-order valence-electron chi connectivity index (χ2n) is 5.23. The third-order valence-corrected chi connectivity index (χ3v) is 4.33. The minimum absolute atomic E-state index is 0.0399. The van der Waals surface area contributed by atoms with Crippen LogP contribution in [-0.4, -0.2) is 5.78 Å². The Balaban J connectivity index is 2.36. The quantitative estimate of drug-likeness (QED) is 0.662. The molecule has 0 aliphatic heterocycles. The van der Waals surface area contributed by atoms with Crippen molar-refractivity contribution in [3.63, 3.8) is 0 Å². The van der Waals surface area contributed by atoms with Gasteiger partial charge in [0, 0.05) is 15.6 Å². The molecule has 2 aromatic rings. The first-order valence-corrected chi connectivity index (χ1v) is 7.73. The van der Waals surface area contributed by atoms with Crippen molar-refractivity contribution in [1.82, 2.24) is 0 Å². The van der Waals surface area contributed by atoms with Gasteiger partial charge in [-0.05, 0) is 52.0 Å². The fraction of sp³-hybridized carbons (Fsp3) is 0.235. The predicted molar refractivity (Wildman–Crippen MR) is 87.6 cm³/mol. The van der Waals surface area contributed by atoms with Gasteiger partial charge in [0.15, 0.2) is 5.78 Å². The molecule has 1 nitrogen and oxygen atoms in total. The summed E-state index contributed by atoms with van der Waals surface area (Å²) in [5.41, 5.74) is 2.39. The van der Waals surface area contributed by atoms with Crippen LogP contribution in [0, 0.1) is 5.92 Å². The summed E-state index contributed by atoms with van der Waals surface area (Å²) in [6.45, 7) is 4.33. The monoisotopic (exact) mass is 350 g/mol. The smallest absolute Gasteiger partial charge is 0.194 e. The normalized spacial score (nSPS) is 10.8. The Morgan fingerprint density at radius 2 is 1.90 bits per heavy atom. The fourth-order valence-electron chi connectivity index (χ4n) is 2.15. The van der Waals surface area contributed by atoms with E-state index in [-0.39, 0.29) is 5.78 Å². The number of ketones is 1. The van der Waals surface area contributed by atoms with Crippen LogP contribution in [-0.2, 0) is 6.42 Å². The highest BCUT2D eigenvalue weighted by atomic mass is 79.9. The van der Waals surface area contributed by atoms with E-state index in [0.717, 1.165) is 10.9 Å². The van der Waals surface area contributed by atoms with Crippen molar-refractivity contribution in [1.29, 1.82) is 0 Å². The molecule has 0 aliphatic carbocycles. The number of carbonyl (C=O) groups excluding carboxylic acids is 1. The maximum atomic E-state index is 12.6. The zero-order valence-electron chi connectivity index (χ0n) is 11.5. The van der Waals surface area contributed by atoms with Gasteiger partial charge >= 0.3 is 0 Å². The van der Waals surface area contributed by atoms with Gasteiger partial charge < -0.3 is 0 Å². The molecule has 0 bridgehead atoms. The molecule has 104 valence electrons. The Labute approximate surface area is 133 Å². The minimum atomic E-state index is -0.0399. The lowest BCUT2D eigenvalue weighted by atomic mass is 9.97. The van der Waals surface area contributed by atoms with Gasteiger partial charge in [-0.1, -0.05) is 49.7 Å². The molecule has 2 rings (SSSR count). The summed E-state index contributed by atoms with van der Waals surface area (Å²) in [5.74, 6) is 0.525. The summed E-state index contributed by atoms with van der Waals surface area (Å²) in [6.07, 6.45) is 0.966. The average Bonchev–Trinajstić information content (AvgIpc) is 2.41. The molecule has 0 atom stereocenters. The van der Waals surface area contributed by atoms with E-state index in [1.54, 1.807) is 6.07 Å². The van der Waals surface area contributed by atoms with Gasteiger partial charge in [-0.3, -0.25) is 4.79 Å². The third kappa shape index (κ3) is 3.50. The molecular weight excluding hydrogens is 336 g/mol. The number of hydrogen-bond donors (Lipinski definition) is 0. The van der Waals surface area contributed by atoms with E-state index in [0.29, 0.717) is 22.1 Å². The van der Waals surface area contributed by atoms with E-state index in [9.17, 15) is 4.79 Å². The van der Waals surface area contributed by atoms with E-state index in [4.69, 9.17) is 11.6 Å². The van der Waals surface area contributed by atoms with Crippen molar-refractivity contribution in [3.05, 3.63) is 68.7 Å². The number of carbonyl (C=O) groups is 1. The lowest BCUT2D eigenvalue weighted by Crippen LogP contribution is -2.04. The third-order valence-electron chi connectivity index (χ3n) is 3.03. The zero-order chi connectivity index (χ0) is 14.7. The van der Waals surface area contributed by atoms with Crippen LogP contribution in [0.3, 0.4) is 0 Å². The Hall–Kier alpha value is -1.12. The molecule has 0 saturated heterocycles. The van der Waals surface area contributed by atoms with E-state index in [1.165, 1.54) is 5.56 Å². The first-order valence-electron chi connectivity index (χ1n) is 6.56. The number of hydrogen-bond acceptors (Lipinski definition) is 1. The van der Waals surface area contributed by atoms with Gasteiger partial charge in [-0.2, -0.15) is 0 Å². The lowest BCUT2D eigenvalue weighted by Gasteiger charge is -2.08. The van der Waals surface area contributed by atoms with Crippen molar-refractivity contribution >= 4 is 33.3 Å². The maximum Gasteiger partial charge on any atom is 0.194 e.